The van der Waals surface area contributed by atoms with E-state index >= 15 is 0 Å². The number of nitrogens with zero attached hydrogens (tertiary/aromatic N) is 2. The molecular formula is C17H12N2OS. The molecule has 3 aromatic rings. The second-order valence-electron chi connectivity index (χ2n) is 4.43. The van der Waals surface area contributed by atoms with E-state index in [1.54, 1.807) is 7.11 Å². The van der Waals surface area contributed by atoms with Crippen molar-refractivity contribution in [3.63, 3.8) is 0 Å². The molecule has 0 saturated heterocycles. The molecular weight excluding hydrogens is 280 g/mol. The molecule has 21 heavy (non-hydrogen) atoms. The van der Waals surface area contributed by atoms with Gasteiger partial charge in [0.25, 0.3) is 0 Å². The van der Waals surface area contributed by atoms with Crippen LogP contribution in [0.3, 0.4) is 0 Å². The largest absolute Gasteiger partial charge is 0.497 e. The van der Waals surface area contributed by atoms with Gasteiger partial charge in [0.1, 0.15) is 16.8 Å². The quantitative estimate of drug-likeness (QED) is 0.673. The molecule has 0 saturated carbocycles. The molecule has 3 rings (SSSR count). The second-order valence-corrected chi connectivity index (χ2v) is 5.46. The fourth-order valence-electron chi connectivity index (χ4n) is 2.00. The average molecular weight is 292 g/mol. The minimum atomic E-state index is 0.571. The lowest BCUT2D eigenvalue weighted by Crippen LogP contribution is -1.83. The van der Waals surface area contributed by atoms with Crippen LogP contribution in [0.2, 0.25) is 0 Å². The van der Waals surface area contributed by atoms with Crippen molar-refractivity contribution in [3.05, 3.63) is 59.1 Å². The fraction of sp³-hybridized carbons (Fsp3) is 0.0588. The van der Waals surface area contributed by atoms with Gasteiger partial charge in [0.2, 0.25) is 0 Å². The van der Waals surface area contributed by atoms with Gasteiger partial charge in [0.15, 0.2) is 0 Å². The van der Waals surface area contributed by atoms with Gasteiger partial charge in [-0.1, -0.05) is 24.3 Å². The van der Waals surface area contributed by atoms with Gasteiger partial charge >= 0.3 is 0 Å². The molecule has 0 aliphatic heterocycles. The van der Waals surface area contributed by atoms with E-state index in [2.05, 4.69) is 11.1 Å². The van der Waals surface area contributed by atoms with E-state index < -0.39 is 0 Å². The molecule has 102 valence electrons. The Morgan fingerprint density at radius 1 is 1.19 bits per heavy atom. The molecule has 0 N–H and O–H groups in total. The Morgan fingerprint density at radius 2 is 1.95 bits per heavy atom. The number of nitriles is 1. The lowest BCUT2D eigenvalue weighted by molar-refractivity contribution is 0.415. The zero-order chi connectivity index (χ0) is 14.7. The van der Waals surface area contributed by atoms with Crippen molar-refractivity contribution in [1.29, 1.82) is 5.26 Å². The SMILES string of the molecule is COc1ccc(/C=C(\C#N)c2nc3ccccc3s2)cc1. The van der Waals surface area contributed by atoms with Gasteiger partial charge in [-0.2, -0.15) is 5.26 Å². The van der Waals surface area contributed by atoms with Crippen molar-refractivity contribution >= 4 is 33.2 Å². The number of aromatic nitrogens is 1. The van der Waals surface area contributed by atoms with Gasteiger partial charge in [-0.05, 0) is 35.9 Å². The third-order valence-electron chi connectivity index (χ3n) is 3.07. The van der Waals surface area contributed by atoms with Crippen LogP contribution >= 0.6 is 11.3 Å². The predicted octanol–water partition coefficient (Wildman–Crippen LogP) is 4.37. The molecule has 0 aliphatic carbocycles. The zero-order valence-electron chi connectivity index (χ0n) is 11.4. The molecule has 3 nitrogen and oxygen atoms in total. The van der Waals surface area contributed by atoms with Crippen LogP contribution in [0.1, 0.15) is 10.6 Å². The van der Waals surface area contributed by atoms with Crippen molar-refractivity contribution in [2.24, 2.45) is 0 Å². The van der Waals surface area contributed by atoms with E-state index in [-0.39, 0.29) is 0 Å². The molecule has 0 unspecified atom stereocenters. The number of ether oxygens (including phenoxy) is 1. The van der Waals surface area contributed by atoms with Crippen molar-refractivity contribution in [3.8, 4) is 11.8 Å². The van der Waals surface area contributed by atoms with Gasteiger partial charge in [-0.25, -0.2) is 4.98 Å². The summed E-state index contributed by atoms with van der Waals surface area (Å²) in [5.74, 6) is 0.797. The summed E-state index contributed by atoms with van der Waals surface area (Å²) < 4.78 is 6.22. The molecule has 1 heterocycles. The highest BCUT2D eigenvalue weighted by Crippen LogP contribution is 2.28. The zero-order valence-corrected chi connectivity index (χ0v) is 12.2. The van der Waals surface area contributed by atoms with E-state index in [0.29, 0.717) is 5.57 Å². The Labute approximate surface area is 126 Å². The van der Waals surface area contributed by atoms with Crippen molar-refractivity contribution < 1.29 is 4.74 Å². The molecule has 0 amide bonds. The summed E-state index contributed by atoms with van der Waals surface area (Å²) in [6.07, 6.45) is 1.84. The third kappa shape index (κ3) is 2.78. The summed E-state index contributed by atoms with van der Waals surface area (Å²) in [7, 11) is 1.63. The van der Waals surface area contributed by atoms with Crippen LogP contribution in [0.5, 0.6) is 5.75 Å². The van der Waals surface area contributed by atoms with E-state index in [4.69, 9.17) is 4.74 Å². The summed E-state index contributed by atoms with van der Waals surface area (Å²) >= 11 is 1.53. The van der Waals surface area contributed by atoms with Crippen molar-refractivity contribution in [2.45, 2.75) is 0 Å². The van der Waals surface area contributed by atoms with Crippen molar-refractivity contribution in [1.82, 2.24) is 4.98 Å². The Bertz CT molecular complexity index is 808. The van der Waals surface area contributed by atoms with Crippen LogP contribution in [0, 0.1) is 11.3 Å². The van der Waals surface area contributed by atoms with Crippen LogP contribution in [-0.4, -0.2) is 12.1 Å². The predicted molar refractivity (Wildman–Crippen MR) is 86.1 cm³/mol. The first kappa shape index (κ1) is 13.3. The average Bonchev–Trinajstić information content (AvgIpc) is 2.97. The summed E-state index contributed by atoms with van der Waals surface area (Å²) in [5, 5.41) is 10.1. The summed E-state index contributed by atoms with van der Waals surface area (Å²) in [6.45, 7) is 0. The van der Waals surface area contributed by atoms with Gasteiger partial charge in [0.05, 0.1) is 22.9 Å². The summed E-state index contributed by atoms with van der Waals surface area (Å²) in [4.78, 5) is 4.52. The fourth-order valence-corrected chi connectivity index (χ4v) is 2.93. The maximum absolute atomic E-state index is 9.39. The molecule has 0 fully saturated rings. The highest BCUT2D eigenvalue weighted by molar-refractivity contribution is 7.19. The molecule has 1 aromatic heterocycles. The minimum Gasteiger partial charge on any atom is -0.497 e. The summed E-state index contributed by atoms with van der Waals surface area (Å²) in [6, 6.07) is 17.7. The Morgan fingerprint density at radius 3 is 2.62 bits per heavy atom. The number of thiazole rings is 1. The first-order valence-electron chi connectivity index (χ1n) is 6.42. The second kappa shape index (κ2) is 5.78. The van der Waals surface area contributed by atoms with Crippen LogP contribution in [0.15, 0.2) is 48.5 Å². The van der Waals surface area contributed by atoms with E-state index in [0.717, 1.165) is 26.5 Å². The van der Waals surface area contributed by atoms with Crippen LogP contribution in [0.25, 0.3) is 21.9 Å². The van der Waals surface area contributed by atoms with Gasteiger partial charge < -0.3 is 4.74 Å². The first-order chi connectivity index (χ1) is 10.3. The number of hydrogen-bond donors (Lipinski definition) is 0. The maximum Gasteiger partial charge on any atom is 0.135 e. The number of para-hydroxylation sites is 1. The third-order valence-corrected chi connectivity index (χ3v) is 4.14. The number of methoxy groups -OCH3 is 1. The van der Waals surface area contributed by atoms with E-state index in [1.807, 2.05) is 54.6 Å². The Hall–Kier alpha value is -2.64. The topological polar surface area (TPSA) is 45.9 Å². The standard InChI is InChI=1S/C17H12N2OS/c1-20-14-8-6-12(7-9-14)10-13(11-18)17-19-15-4-2-3-5-16(15)21-17/h2-10H,1H3/b13-10+. The molecule has 0 aliphatic rings. The monoisotopic (exact) mass is 292 g/mol. The number of allylic oxidation sites excluding steroid dienone is 1. The van der Waals surface area contributed by atoms with E-state index in [9.17, 15) is 5.26 Å². The first-order valence-corrected chi connectivity index (χ1v) is 7.23. The molecule has 0 bridgehead atoms. The number of hydrogen-bond acceptors (Lipinski definition) is 4. The van der Waals surface area contributed by atoms with Crippen LogP contribution in [0.4, 0.5) is 0 Å². The Kier molecular flexibility index (Phi) is 3.67. The molecule has 0 atom stereocenters. The van der Waals surface area contributed by atoms with Gasteiger partial charge in [-0.15, -0.1) is 11.3 Å². The lowest BCUT2D eigenvalue weighted by atomic mass is 10.1. The van der Waals surface area contributed by atoms with Gasteiger partial charge in [-0.3, -0.25) is 0 Å². The maximum atomic E-state index is 9.39. The Balaban J connectivity index is 2.00. The number of rotatable bonds is 3. The number of benzene rings is 2. The normalized spacial score (nSPS) is 11.3. The smallest absolute Gasteiger partial charge is 0.135 e. The molecule has 0 spiro atoms. The number of fused-ring (bicyclic) bond motifs is 1. The minimum absolute atomic E-state index is 0.571. The highest BCUT2D eigenvalue weighted by Gasteiger charge is 2.08. The van der Waals surface area contributed by atoms with Gasteiger partial charge in [0, 0.05) is 0 Å². The van der Waals surface area contributed by atoms with Crippen LogP contribution < -0.4 is 4.74 Å². The molecule has 0 radical (unpaired) electrons. The van der Waals surface area contributed by atoms with Crippen LogP contribution in [-0.2, 0) is 0 Å². The summed E-state index contributed by atoms with van der Waals surface area (Å²) in [5.41, 5.74) is 2.45. The molecule has 2 aromatic carbocycles. The van der Waals surface area contributed by atoms with Crippen molar-refractivity contribution in [2.75, 3.05) is 7.11 Å². The highest BCUT2D eigenvalue weighted by atomic mass is 32.1. The lowest BCUT2D eigenvalue weighted by Gasteiger charge is -1.99. The molecule has 4 heteroatoms. The van der Waals surface area contributed by atoms with E-state index in [1.165, 1.54) is 11.3 Å².